The third kappa shape index (κ3) is 4.15. The molecule has 0 aliphatic heterocycles. The highest BCUT2D eigenvalue weighted by atomic mass is 35.5. The number of hydrogen-bond acceptors (Lipinski definition) is 4. The molecule has 0 saturated heterocycles. The summed E-state index contributed by atoms with van der Waals surface area (Å²) >= 11 is 11.0. The van der Waals surface area contributed by atoms with Gasteiger partial charge in [-0.1, -0.05) is 41.1 Å². The Balaban J connectivity index is 2.10. The number of nitrogens with zero attached hydrogens (tertiary/aromatic N) is 1. The van der Waals surface area contributed by atoms with E-state index in [4.69, 9.17) is 38.2 Å². The number of thiocarbonyl (C=S) groups is 1. The second-order valence-corrected chi connectivity index (χ2v) is 4.81. The smallest absolute Gasteiger partial charge is 0.315 e. The lowest BCUT2D eigenvalue weighted by atomic mass is 10.1. The summed E-state index contributed by atoms with van der Waals surface area (Å²) in [5.74, 6) is 0.588. The van der Waals surface area contributed by atoms with Gasteiger partial charge in [0.05, 0.1) is 14.2 Å². The first kappa shape index (κ1) is 15.7. The zero-order valence-corrected chi connectivity index (χ0v) is 13.1. The fourth-order valence-electron chi connectivity index (χ4n) is 1.75. The Kier molecular flexibility index (Phi) is 5.52. The molecule has 6 heteroatoms. The van der Waals surface area contributed by atoms with Crippen LogP contribution in [0.25, 0.3) is 11.1 Å². The molecule has 0 unspecified atom stereocenters. The van der Waals surface area contributed by atoms with Gasteiger partial charge in [-0.25, -0.2) is 9.68 Å². The third-order valence-electron chi connectivity index (χ3n) is 2.70. The van der Waals surface area contributed by atoms with E-state index in [-0.39, 0.29) is 5.17 Å². The van der Waals surface area contributed by atoms with Crippen molar-refractivity contribution >= 4 is 29.0 Å². The number of ether oxygens (including phenoxy) is 1. The standard InChI is InChI=1S/C15H14ClNO3S/c1-18-17(19-2)15(21)20-14-8-6-11(7-9-14)12-4-3-5-13(16)10-12/h3-10H,1-2H3. The molecular formula is C15H14ClNO3S. The van der Waals surface area contributed by atoms with Gasteiger partial charge in [-0.05, 0) is 47.6 Å². The molecule has 0 fully saturated rings. The van der Waals surface area contributed by atoms with Crippen LogP contribution in [0.2, 0.25) is 5.02 Å². The van der Waals surface area contributed by atoms with E-state index < -0.39 is 0 Å². The van der Waals surface area contributed by atoms with E-state index in [1.54, 1.807) is 0 Å². The number of benzene rings is 2. The molecule has 0 bridgehead atoms. The highest BCUT2D eigenvalue weighted by Crippen LogP contribution is 2.25. The van der Waals surface area contributed by atoms with Gasteiger partial charge in [0.2, 0.25) is 0 Å². The van der Waals surface area contributed by atoms with E-state index in [9.17, 15) is 0 Å². The molecule has 0 radical (unpaired) electrons. The molecule has 0 aromatic heterocycles. The van der Waals surface area contributed by atoms with E-state index in [1.165, 1.54) is 14.2 Å². The van der Waals surface area contributed by atoms with Gasteiger partial charge in [0, 0.05) is 5.02 Å². The van der Waals surface area contributed by atoms with Crippen LogP contribution >= 0.6 is 23.8 Å². The minimum atomic E-state index is 0.0653. The number of hydrogen-bond donors (Lipinski definition) is 0. The first-order valence-corrected chi connectivity index (χ1v) is 6.89. The normalized spacial score (nSPS) is 10.2. The van der Waals surface area contributed by atoms with Crippen molar-refractivity contribution in [2.24, 2.45) is 0 Å². The van der Waals surface area contributed by atoms with E-state index in [0.29, 0.717) is 10.8 Å². The van der Waals surface area contributed by atoms with Crippen molar-refractivity contribution in [3.8, 4) is 16.9 Å². The maximum Gasteiger partial charge on any atom is 0.315 e. The second kappa shape index (κ2) is 7.38. The first-order chi connectivity index (χ1) is 10.1. The lowest BCUT2D eigenvalue weighted by Gasteiger charge is -2.18. The molecule has 2 rings (SSSR count). The summed E-state index contributed by atoms with van der Waals surface area (Å²) < 4.78 is 5.45. The Labute approximate surface area is 133 Å². The minimum absolute atomic E-state index is 0.0653. The predicted octanol–water partition coefficient (Wildman–Crippen LogP) is 4.10. The van der Waals surface area contributed by atoms with Crippen LogP contribution in [0.3, 0.4) is 0 Å². The molecule has 0 amide bonds. The molecule has 0 N–H and O–H groups in total. The lowest BCUT2D eigenvalue weighted by Crippen LogP contribution is -2.31. The maximum atomic E-state index is 5.99. The maximum absolute atomic E-state index is 5.99. The van der Waals surface area contributed by atoms with Crippen molar-refractivity contribution in [1.82, 2.24) is 5.23 Å². The van der Waals surface area contributed by atoms with Crippen molar-refractivity contribution in [2.45, 2.75) is 0 Å². The van der Waals surface area contributed by atoms with Crippen molar-refractivity contribution in [1.29, 1.82) is 0 Å². The zero-order valence-electron chi connectivity index (χ0n) is 11.6. The van der Waals surface area contributed by atoms with Gasteiger partial charge in [-0.3, -0.25) is 0 Å². The van der Waals surface area contributed by atoms with Crippen LogP contribution in [0, 0.1) is 0 Å². The monoisotopic (exact) mass is 323 g/mol. The molecule has 0 aliphatic rings. The van der Waals surface area contributed by atoms with Crippen LogP contribution in [0.15, 0.2) is 48.5 Å². The summed E-state index contributed by atoms with van der Waals surface area (Å²) in [5, 5.41) is 1.76. The second-order valence-electron chi connectivity index (χ2n) is 4.02. The van der Waals surface area contributed by atoms with Crippen molar-refractivity contribution in [3.63, 3.8) is 0 Å². The summed E-state index contributed by atoms with van der Waals surface area (Å²) in [6.07, 6.45) is 0. The quantitative estimate of drug-likeness (QED) is 0.624. The van der Waals surface area contributed by atoms with E-state index >= 15 is 0 Å². The summed E-state index contributed by atoms with van der Waals surface area (Å²) in [5.41, 5.74) is 2.07. The first-order valence-electron chi connectivity index (χ1n) is 6.10. The average molecular weight is 324 g/mol. The van der Waals surface area contributed by atoms with Gasteiger partial charge in [0.15, 0.2) is 0 Å². The number of hydroxylamine groups is 2. The molecule has 110 valence electrons. The highest BCUT2D eigenvalue weighted by Gasteiger charge is 2.10. The topological polar surface area (TPSA) is 30.9 Å². The van der Waals surface area contributed by atoms with Crippen molar-refractivity contribution < 1.29 is 14.4 Å². The summed E-state index contributed by atoms with van der Waals surface area (Å²) in [6.45, 7) is 0. The Hall–Kier alpha value is -1.66. The Bertz CT molecular complexity index is 615. The molecule has 0 aliphatic carbocycles. The van der Waals surface area contributed by atoms with Crippen LogP contribution in [0.1, 0.15) is 0 Å². The van der Waals surface area contributed by atoms with Crippen LogP contribution in [-0.4, -0.2) is 24.6 Å². The molecule has 4 nitrogen and oxygen atoms in total. The summed E-state index contributed by atoms with van der Waals surface area (Å²) in [7, 11) is 2.86. The summed E-state index contributed by atoms with van der Waals surface area (Å²) in [4.78, 5) is 9.74. The van der Waals surface area contributed by atoms with Gasteiger partial charge < -0.3 is 4.74 Å². The Morgan fingerprint density at radius 2 is 1.67 bits per heavy atom. The Morgan fingerprint density at radius 1 is 1.00 bits per heavy atom. The fourth-order valence-corrected chi connectivity index (χ4v) is 2.18. The molecule has 0 atom stereocenters. The predicted molar refractivity (Wildman–Crippen MR) is 86.0 cm³/mol. The van der Waals surface area contributed by atoms with Crippen molar-refractivity contribution in [3.05, 3.63) is 53.6 Å². The van der Waals surface area contributed by atoms with Crippen molar-refractivity contribution in [2.75, 3.05) is 14.2 Å². The van der Waals surface area contributed by atoms with Gasteiger partial charge >= 0.3 is 5.17 Å². The van der Waals surface area contributed by atoms with Gasteiger partial charge in [-0.2, -0.15) is 0 Å². The van der Waals surface area contributed by atoms with Crippen LogP contribution in [0.4, 0.5) is 0 Å². The number of halogens is 1. The SMILES string of the molecule is CON(OC)C(=S)Oc1ccc(-c2cccc(Cl)c2)cc1. The highest BCUT2D eigenvalue weighted by molar-refractivity contribution is 7.80. The van der Waals surface area contributed by atoms with Gasteiger partial charge in [0.25, 0.3) is 0 Å². The van der Waals surface area contributed by atoms with Gasteiger partial charge in [0.1, 0.15) is 5.75 Å². The lowest BCUT2D eigenvalue weighted by molar-refractivity contribution is -0.292. The molecule has 21 heavy (non-hydrogen) atoms. The largest absolute Gasteiger partial charge is 0.429 e. The Morgan fingerprint density at radius 3 is 2.24 bits per heavy atom. The van der Waals surface area contributed by atoms with Crippen LogP contribution < -0.4 is 4.74 Å². The van der Waals surface area contributed by atoms with Gasteiger partial charge in [-0.15, -0.1) is 0 Å². The van der Waals surface area contributed by atoms with E-state index in [0.717, 1.165) is 16.4 Å². The fraction of sp³-hybridized carbons (Fsp3) is 0.133. The zero-order chi connectivity index (χ0) is 15.2. The van der Waals surface area contributed by atoms with E-state index in [2.05, 4.69) is 0 Å². The van der Waals surface area contributed by atoms with E-state index in [1.807, 2.05) is 48.5 Å². The molecular weight excluding hydrogens is 310 g/mol. The average Bonchev–Trinajstić information content (AvgIpc) is 2.49. The van der Waals surface area contributed by atoms with Crippen LogP contribution in [-0.2, 0) is 9.68 Å². The molecule has 0 heterocycles. The molecule has 2 aromatic rings. The molecule has 0 saturated carbocycles. The molecule has 2 aromatic carbocycles. The molecule has 0 spiro atoms. The number of rotatable bonds is 4. The summed E-state index contributed by atoms with van der Waals surface area (Å²) in [6, 6.07) is 15.1. The third-order valence-corrected chi connectivity index (χ3v) is 3.17. The minimum Gasteiger partial charge on any atom is -0.429 e. The van der Waals surface area contributed by atoms with Crippen LogP contribution in [0.5, 0.6) is 5.75 Å².